The average molecular weight is 274 g/mol. The van der Waals surface area contributed by atoms with Crippen molar-refractivity contribution in [1.29, 1.82) is 0 Å². The van der Waals surface area contributed by atoms with E-state index in [-0.39, 0.29) is 11.6 Å². The molecule has 0 aromatic heterocycles. The highest BCUT2D eigenvalue weighted by molar-refractivity contribution is 5.52. The quantitative estimate of drug-likeness (QED) is 0.829. The maximum atomic E-state index is 13.7. The lowest BCUT2D eigenvalue weighted by Crippen LogP contribution is -2.47. The molecule has 1 heterocycles. The molecule has 1 saturated heterocycles. The lowest BCUT2D eigenvalue weighted by molar-refractivity contribution is 0.582. The fourth-order valence-corrected chi connectivity index (χ4v) is 2.60. The van der Waals surface area contributed by atoms with Gasteiger partial charge in [-0.15, -0.1) is 0 Å². The number of anilines is 2. The number of nitrogens with zero attached hydrogens (tertiary/aromatic N) is 2. The minimum atomic E-state index is -0.202. The summed E-state index contributed by atoms with van der Waals surface area (Å²) in [5, 5.41) is 0. The van der Waals surface area contributed by atoms with Gasteiger partial charge in [0, 0.05) is 26.2 Å². The Morgan fingerprint density at radius 2 is 0.950 bits per heavy atom. The molecule has 0 spiro atoms. The Bertz CT molecular complexity index is 539. The zero-order valence-electron chi connectivity index (χ0n) is 11.1. The van der Waals surface area contributed by atoms with Crippen LogP contribution < -0.4 is 9.80 Å². The first kappa shape index (κ1) is 12.9. The molecule has 0 amide bonds. The van der Waals surface area contributed by atoms with Crippen LogP contribution in [-0.2, 0) is 0 Å². The summed E-state index contributed by atoms with van der Waals surface area (Å²) in [5.74, 6) is -0.404. The molecule has 0 bridgehead atoms. The molecule has 2 aromatic rings. The van der Waals surface area contributed by atoms with Crippen LogP contribution in [0.3, 0.4) is 0 Å². The Morgan fingerprint density at radius 3 is 1.30 bits per heavy atom. The highest BCUT2D eigenvalue weighted by Gasteiger charge is 2.20. The Labute approximate surface area is 117 Å². The molecule has 2 nitrogen and oxygen atoms in total. The van der Waals surface area contributed by atoms with Gasteiger partial charge < -0.3 is 9.80 Å². The smallest absolute Gasteiger partial charge is 0.146 e. The summed E-state index contributed by atoms with van der Waals surface area (Å²) >= 11 is 0. The highest BCUT2D eigenvalue weighted by atomic mass is 19.1. The van der Waals surface area contributed by atoms with Gasteiger partial charge >= 0.3 is 0 Å². The van der Waals surface area contributed by atoms with Gasteiger partial charge in [-0.3, -0.25) is 0 Å². The molecule has 0 atom stereocenters. The van der Waals surface area contributed by atoms with Gasteiger partial charge in [-0.25, -0.2) is 8.78 Å². The Balaban J connectivity index is 1.72. The van der Waals surface area contributed by atoms with Crippen LogP contribution in [0.1, 0.15) is 0 Å². The average Bonchev–Trinajstić information content (AvgIpc) is 2.49. The number of halogens is 2. The molecule has 0 N–H and O–H groups in total. The van der Waals surface area contributed by atoms with Crippen molar-refractivity contribution in [2.24, 2.45) is 0 Å². The normalized spacial score (nSPS) is 15.5. The molecule has 4 heteroatoms. The van der Waals surface area contributed by atoms with Crippen molar-refractivity contribution < 1.29 is 8.78 Å². The summed E-state index contributed by atoms with van der Waals surface area (Å²) in [5.41, 5.74) is 1.25. The minimum Gasteiger partial charge on any atom is -0.366 e. The number of hydrogen-bond acceptors (Lipinski definition) is 2. The number of hydrogen-bond donors (Lipinski definition) is 0. The zero-order chi connectivity index (χ0) is 13.9. The highest BCUT2D eigenvalue weighted by Crippen LogP contribution is 2.24. The van der Waals surface area contributed by atoms with Crippen molar-refractivity contribution in [3.8, 4) is 0 Å². The Hall–Kier alpha value is -2.10. The minimum absolute atomic E-state index is 0.202. The van der Waals surface area contributed by atoms with E-state index in [2.05, 4.69) is 0 Å². The van der Waals surface area contributed by atoms with Crippen LogP contribution in [0.4, 0.5) is 20.2 Å². The van der Waals surface area contributed by atoms with Gasteiger partial charge in [0.2, 0.25) is 0 Å². The summed E-state index contributed by atoms with van der Waals surface area (Å²) in [6.45, 7) is 2.76. The summed E-state index contributed by atoms with van der Waals surface area (Å²) in [7, 11) is 0. The van der Waals surface area contributed by atoms with E-state index in [0.29, 0.717) is 37.6 Å². The molecule has 20 heavy (non-hydrogen) atoms. The second-order valence-corrected chi connectivity index (χ2v) is 4.88. The molecule has 2 aromatic carbocycles. The fraction of sp³-hybridized carbons (Fsp3) is 0.250. The maximum absolute atomic E-state index is 13.7. The predicted octanol–water partition coefficient (Wildman–Crippen LogP) is 3.29. The van der Waals surface area contributed by atoms with E-state index < -0.39 is 0 Å². The van der Waals surface area contributed by atoms with Crippen LogP contribution in [0.5, 0.6) is 0 Å². The third-order valence-electron chi connectivity index (χ3n) is 3.67. The molecule has 1 fully saturated rings. The number of rotatable bonds is 2. The second-order valence-electron chi connectivity index (χ2n) is 4.88. The lowest BCUT2D eigenvalue weighted by Gasteiger charge is -2.37. The van der Waals surface area contributed by atoms with Crippen molar-refractivity contribution in [2.75, 3.05) is 36.0 Å². The van der Waals surface area contributed by atoms with Gasteiger partial charge in [0.25, 0.3) is 0 Å². The molecule has 0 radical (unpaired) electrons. The monoisotopic (exact) mass is 274 g/mol. The van der Waals surface area contributed by atoms with Gasteiger partial charge in [0.15, 0.2) is 0 Å². The van der Waals surface area contributed by atoms with E-state index in [4.69, 9.17) is 0 Å². The molecule has 104 valence electrons. The summed E-state index contributed by atoms with van der Waals surface area (Å²) in [4.78, 5) is 4.01. The first-order valence-electron chi connectivity index (χ1n) is 6.74. The molecule has 0 unspecified atom stereocenters. The third kappa shape index (κ3) is 2.46. The molecular formula is C16H16F2N2. The van der Waals surface area contributed by atoms with Gasteiger partial charge in [-0.2, -0.15) is 0 Å². The van der Waals surface area contributed by atoms with Crippen molar-refractivity contribution in [2.45, 2.75) is 0 Å². The topological polar surface area (TPSA) is 6.48 Å². The Kier molecular flexibility index (Phi) is 3.54. The van der Waals surface area contributed by atoms with Crippen molar-refractivity contribution >= 4 is 11.4 Å². The van der Waals surface area contributed by atoms with E-state index in [1.165, 1.54) is 12.1 Å². The van der Waals surface area contributed by atoms with Crippen LogP contribution in [0.2, 0.25) is 0 Å². The Morgan fingerprint density at radius 1 is 0.600 bits per heavy atom. The number of benzene rings is 2. The van der Waals surface area contributed by atoms with Crippen LogP contribution in [0, 0.1) is 11.6 Å². The SMILES string of the molecule is Fc1ccccc1N1CCN(c2ccccc2F)CC1. The summed E-state index contributed by atoms with van der Waals surface area (Å²) in [6.07, 6.45) is 0. The van der Waals surface area contributed by atoms with E-state index in [1.807, 2.05) is 21.9 Å². The summed E-state index contributed by atoms with van der Waals surface area (Å²) in [6, 6.07) is 13.6. The zero-order valence-corrected chi connectivity index (χ0v) is 11.1. The molecule has 3 rings (SSSR count). The predicted molar refractivity (Wildman–Crippen MR) is 77.2 cm³/mol. The van der Waals surface area contributed by atoms with Crippen molar-refractivity contribution in [3.05, 3.63) is 60.2 Å². The number of para-hydroxylation sites is 2. The van der Waals surface area contributed by atoms with Gasteiger partial charge in [-0.05, 0) is 24.3 Å². The maximum Gasteiger partial charge on any atom is 0.146 e. The standard InChI is InChI=1S/C16H16F2N2/c17-13-5-1-3-7-15(13)19-9-11-20(12-10-19)16-8-4-2-6-14(16)18/h1-8H,9-12H2. The van der Waals surface area contributed by atoms with Gasteiger partial charge in [0.1, 0.15) is 11.6 Å². The fourth-order valence-electron chi connectivity index (χ4n) is 2.60. The molecular weight excluding hydrogens is 258 g/mol. The second kappa shape index (κ2) is 5.49. The van der Waals surface area contributed by atoms with E-state index in [9.17, 15) is 8.78 Å². The largest absolute Gasteiger partial charge is 0.366 e. The van der Waals surface area contributed by atoms with Crippen LogP contribution in [0.25, 0.3) is 0 Å². The first-order chi connectivity index (χ1) is 9.75. The van der Waals surface area contributed by atoms with Crippen molar-refractivity contribution in [1.82, 2.24) is 0 Å². The molecule has 1 aliphatic rings. The van der Waals surface area contributed by atoms with Crippen LogP contribution in [-0.4, -0.2) is 26.2 Å². The van der Waals surface area contributed by atoms with E-state index >= 15 is 0 Å². The van der Waals surface area contributed by atoms with Gasteiger partial charge in [0.05, 0.1) is 11.4 Å². The molecule has 0 aliphatic carbocycles. The third-order valence-corrected chi connectivity index (χ3v) is 3.67. The van der Waals surface area contributed by atoms with Crippen LogP contribution >= 0.6 is 0 Å². The van der Waals surface area contributed by atoms with Crippen molar-refractivity contribution in [3.63, 3.8) is 0 Å². The number of piperazine rings is 1. The first-order valence-corrected chi connectivity index (χ1v) is 6.74. The van der Waals surface area contributed by atoms with E-state index in [1.54, 1.807) is 24.3 Å². The van der Waals surface area contributed by atoms with Crippen LogP contribution in [0.15, 0.2) is 48.5 Å². The van der Waals surface area contributed by atoms with Gasteiger partial charge in [-0.1, -0.05) is 24.3 Å². The molecule has 1 aliphatic heterocycles. The summed E-state index contributed by atoms with van der Waals surface area (Å²) < 4.78 is 27.5. The molecule has 0 saturated carbocycles. The lowest BCUT2D eigenvalue weighted by atomic mass is 10.2. The van der Waals surface area contributed by atoms with E-state index in [0.717, 1.165) is 0 Å².